The van der Waals surface area contributed by atoms with Gasteiger partial charge in [-0.25, -0.2) is 0 Å². The van der Waals surface area contributed by atoms with Gasteiger partial charge >= 0.3 is 5.97 Å². The summed E-state index contributed by atoms with van der Waals surface area (Å²) in [5, 5.41) is 11.6. The first-order valence-electron chi connectivity index (χ1n) is 6.24. The minimum Gasteiger partial charge on any atom is -0.481 e. The van der Waals surface area contributed by atoms with Crippen molar-refractivity contribution in [3.63, 3.8) is 0 Å². The fourth-order valence-electron chi connectivity index (χ4n) is 2.26. The van der Waals surface area contributed by atoms with Crippen LogP contribution in [0.3, 0.4) is 0 Å². The molecule has 0 radical (unpaired) electrons. The van der Waals surface area contributed by atoms with Crippen molar-refractivity contribution in [3.8, 4) is 0 Å². The number of likely N-dealkylation sites (tertiary alicyclic amines) is 1. The Kier molecular flexibility index (Phi) is 5.41. The van der Waals surface area contributed by atoms with Crippen molar-refractivity contribution in [3.05, 3.63) is 0 Å². The topological polar surface area (TPSA) is 69.6 Å². The smallest absolute Gasteiger partial charge is 0.304 e. The Balaban J connectivity index is 2.30. The third-order valence-corrected chi connectivity index (χ3v) is 2.99. The molecule has 98 valence electrons. The Morgan fingerprint density at radius 3 is 2.76 bits per heavy atom. The van der Waals surface area contributed by atoms with Gasteiger partial charge in [-0.1, -0.05) is 0 Å². The lowest BCUT2D eigenvalue weighted by atomic mass is 10.1. The molecule has 0 aromatic carbocycles. The molecule has 1 aliphatic heterocycles. The lowest BCUT2D eigenvalue weighted by molar-refractivity contribution is -0.138. The molecule has 0 saturated carbocycles. The first-order valence-corrected chi connectivity index (χ1v) is 6.24. The van der Waals surface area contributed by atoms with Crippen LogP contribution in [0.5, 0.6) is 0 Å². The van der Waals surface area contributed by atoms with Crippen LogP contribution in [0.15, 0.2) is 0 Å². The first kappa shape index (κ1) is 14.0. The molecule has 0 aromatic heterocycles. The zero-order valence-corrected chi connectivity index (χ0v) is 10.6. The van der Waals surface area contributed by atoms with E-state index in [-0.39, 0.29) is 24.4 Å². The maximum atomic E-state index is 11.5. The Bertz CT molecular complexity index is 279. The van der Waals surface area contributed by atoms with Gasteiger partial charge < -0.3 is 10.4 Å². The highest BCUT2D eigenvalue weighted by Crippen LogP contribution is 2.20. The number of rotatable bonds is 6. The number of hydrogen-bond acceptors (Lipinski definition) is 3. The maximum absolute atomic E-state index is 11.5. The van der Waals surface area contributed by atoms with Gasteiger partial charge in [0.15, 0.2) is 0 Å². The molecule has 1 atom stereocenters. The minimum atomic E-state index is -0.756. The van der Waals surface area contributed by atoms with Gasteiger partial charge in [-0.05, 0) is 33.2 Å². The molecule has 1 rings (SSSR count). The van der Waals surface area contributed by atoms with E-state index in [0.29, 0.717) is 13.0 Å². The second kappa shape index (κ2) is 6.59. The van der Waals surface area contributed by atoms with Gasteiger partial charge in [0, 0.05) is 25.0 Å². The van der Waals surface area contributed by atoms with Gasteiger partial charge in [0.2, 0.25) is 5.91 Å². The van der Waals surface area contributed by atoms with Crippen molar-refractivity contribution >= 4 is 11.9 Å². The van der Waals surface area contributed by atoms with E-state index < -0.39 is 5.97 Å². The summed E-state index contributed by atoms with van der Waals surface area (Å²) < 4.78 is 0. The van der Waals surface area contributed by atoms with Crippen molar-refractivity contribution in [2.24, 2.45) is 0 Å². The fourth-order valence-corrected chi connectivity index (χ4v) is 2.26. The molecule has 0 aromatic rings. The highest BCUT2D eigenvalue weighted by atomic mass is 16.4. The number of hydrogen-bond donors (Lipinski definition) is 2. The van der Waals surface area contributed by atoms with E-state index in [2.05, 4.69) is 10.2 Å². The summed E-state index contributed by atoms with van der Waals surface area (Å²) in [6.07, 6.45) is 2.60. The number of carboxylic acids is 1. The van der Waals surface area contributed by atoms with Gasteiger partial charge in [-0.2, -0.15) is 0 Å². The lowest BCUT2D eigenvalue weighted by Gasteiger charge is -2.22. The normalized spacial score (nSPS) is 20.8. The summed E-state index contributed by atoms with van der Waals surface area (Å²) in [6.45, 7) is 5.44. The third kappa shape index (κ3) is 5.17. The number of aliphatic carboxylic acids is 1. The highest BCUT2D eigenvalue weighted by Gasteiger charge is 2.26. The van der Waals surface area contributed by atoms with Crippen LogP contribution in [-0.4, -0.2) is 47.1 Å². The Hall–Kier alpha value is -1.10. The summed E-state index contributed by atoms with van der Waals surface area (Å²) in [7, 11) is 0. The zero-order chi connectivity index (χ0) is 12.8. The van der Waals surface area contributed by atoms with E-state index in [0.717, 1.165) is 19.4 Å². The predicted molar refractivity (Wildman–Crippen MR) is 64.7 cm³/mol. The van der Waals surface area contributed by atoms with Crippen molar-refractivity contribution < 1.29 is 14.7 Å². The van der Waals surface area contributed by atoms with Crippen LogP contribution in [0.4, 0.5) is 0 Å². The summed E-state index contributed by atoms with van der Waals surface area (Å²) in [4.78, 5) is 24.3. The minimum absolute atomic E-state index is 0.0426. The Labute approximate surface area is 102 Å². The molecule has 5 nitrogen and oxygen atoms in total. The van der Waals surface area contributed by atoms with Gasteiger partial charge in [0.1, 0.15) is 0 Å². The largest absolute Gasteiger partial charge is 0.481 e. The van der Waals surface area contributed by atoms with Crippen LogP contribution in [0.25, 0.3) is 0 Å². The van der Waals surface area contributed by atoms with E-state index in [1.807, 2.05) is 13.8 Å². The lowest BCUT2D eigenvalue weighted by Crippen LogP contribution is -2.36. The molecule has 1 unspecified atom stereocenters. The second-order valence-electron chi connectivity index (χ2n) is 4.90. The molecule has 1 aliphatic rings. The van der Waals surface area contributed by atoms with Gasteiger partial charge in [-0.3, -0.25) is 14.5 Å². The molecule has 2 N–H and O–H groups in total. The van der Waals surface area contributed by atoms with Crippen molar-refractivity contribution in [1.82, 2.24) is 10.2 Å². The average molecular weight is 242 g/mol. The summed E-state index contributed by atoms with van der Waals surface area (Å²) in [5.41, 5.74) is 0. The van der Waals surface area contributed by atoms with E-state index in [4.69, 9.17) is 5.11 Å². The number of amides is 1. The monoisotopic (exact) mass is 242 g/mol. The number of carboxylic acid groups (broad SMARTS) is 1. The number of nitrogens with one attached hydrogen (secondary N) is 1. The first-order chi connectivity index (χ1) is 7.99. The molecule has 0 bridgehead atoms. The van der Waals surface area contributed by atoms with Crippen LogP contribution in [-0.2, 0) is 9.59 Å². The summed E-state index contributed by atoms with van der Waals surface area (Å²) in [5.74, 6) is -0.713. The van der Waals surface area contributed by atoms with Crippen LogP contribution in [0.1, 0.15) is 39.5 Å². The second-order valence-corrected chi connectivity index (χ2v) is 4.90. The molecule has 1 saturated heterocycles. The average Bonchev–Trinajstić information content (AvgIpc) is 2.60. The van der Waals surface area contributed by atoms with Gasteiger partial charge in [0.05, 0.1) is 6.42 Å². The van der Waals surface area contributed by atoms with Gasteiger partial charge in [-0.15, -0.1) is 0 Å². The zero-order valence-electron chi connectivity index (χ0n) is 10.6. The highest BCUT2D eigenvalue weighted by molar-refractivity contribution is 5.76. The molecule has 1 amide bonds. The Morgan fingerprint density at radius 2 is 2.18 bits per heavy atom. The van der Waals surface area contributed by atoms with Crippen molar-refractivity contribution in [2.45, 2.75) is 51.6 Å². The molecule has 5 heteroatoms. The fraction of sp³-hybridized carbons (Fsp3) is 0.833. The Morgan fingerprint density at radius 1 is 1.47 bits per heavy atom. The van der Waals surface area contributed by atoms with Gasteiger partial charge in [0.25, 0.3) is 0 Å². The van der Waals surface area contributed by atoms with Crippen LogP contribution in [0, 0.1) is 0 Å². The predicted octanol–water partition coefficient (Wildman–Crippen LogP) is 0.840. The van der Waals surface area contributed by atoms with Crippen molar-refractivity contribution in [1.29, 1.82) is 0 Å². The van der Waals surface area contributed by atoms with E-state index in [9.17, 15) is 9.59 Å². The van der Waals surface area contributed by atoms with Crippen LogP contribution < -0.4 is 5.32 Å². The molecule has 1 fully saturated rings. The van der Waals surface area contributed by atoms with E-state index >= 15 is 0 Å². The van der Waals surface area contributed by atoms with Crippen molar-refractivity contribution in [2.75, 3.05) is 13.1 Å². The molecular weight excluding hydrogens is 220 g/mol. The summed E-state index contributed by atoms with van der Waals surface area (Å²) >= 11 is 0. The SMILES string of the molecule is CC(C)NC(=O)CCN1CCCC1CC(=O)O. The third-order valence-electron chi connectivity index (χ3n) is 2.99. The van der Waals surface area contributed by atoms with Crippen LogP contribution in [0.2, 0.25) is 0 Å². The quantitative estimate of drug-likeness (QED) is 0.724. The number of carbonyl (C=O) groups excluding carboxylic acids is 1. The van der Waals surface area contributed by atoms with E-state index in [1.54, 1.807) is 0 Å². The standard InChI is InChI=1S/C12H22N2O3/c1-9(2)13-11(15)5-7-14-6-3-4-10(14)8-12(16)17/h9-10H,3-8H2,1-2H3,(H,13,15)(H,16,17). The van der Waals surface area contributed by atoms with Crippen LogP contribution >= 0.6 is 0 Å². The maximum Gasteiger partial charge on any atom is 0.304 e. The summed E-state index contributed by atoms with van der Waals surface area (Å²) in [6, 6.07) is 0.273. The molecule has 1 heterocycles. The molecule has 0 aliphatic carbocycles. The number of carbonyl (C=O) groups is 2. The molecule has 17 heavy (non-hydrogen) atoms. The number of nitrogens with zero attached hydrogens (tertiary/aromatic N) is 1. The molecular formula is C12H22N2O3. The van der Waals surface area contributed by atoms with E-state index in [1.165, 1.54) is 0 Å². The molecule has 0 spiro atoms.